The number of ether oxygens (including phenoxy) is 1. The first-order valence-corrected chi connectivity index (χ1v) is 6.17. The minimum atomic E-state index is -0.878. The quantitative estimate of drug-likeness (QED) is 0.737. The maximum atomic E-state index is 13.3. The lowest BCUT2D eigenvalue weighted by Gasteiger charge is -2.12. The third-order valence-corrected chi connectivity index (χ3v) is 3.24. The van der Waals surface area contributed by atoms with Gasteiger partial charge in [-0.2, -0.15) is 0 Å². The number of amides is 2. The SMILES string of the molecule is COC1CNC(C(=O)Nc2ccc(F)c(C(N)=O)c2)C1. The average molecular weight is 281 g/mol. The highest BCUT2D eigenvalue weighted by atomic mass is 19.1. The minimum Gasteiger partial charge on any atom is -0.380 e. The number of hydrogen-bond acceptors (Lipinski definition) is 4. The third-order valence-electron chi connectivity index (χ3n) is 3.24. The number of carbonyl (C=O) groups excluding carboxylic acids is 2. The van der Waals surface area contributed by atoms with Crippen LogP contribution in [-0.2, 0) is 9.53 Å². The predicted molar refractivity (Wildman–Crippen MR) is 70.8 cm³/mol. The number of anilines is 1. The zero-order chi connectivity index (χ0) is 14.7. The van der Waals surface area contributed by atoms with Crippen molar-refractivity contribution in [3.05, 3.63) is 29.6 Å². The fraction of sp³-hybridized carbons (Fsp3) is 0.385. The number of rotatable bonds is 4. The highest BCUT2D eigenvalue weighted by Crippen LogP contribution is 2.16. The van der Waals surface area contributed by atoms with Crippen LogP contribution in [0, 0.1) is 5.82 Å². The Bertz CT molecular complexity index is 536. The molecule has 2 amide bonds. The maximum Gasteiger partial charge on any atom is 0.251 e. The van der Waals surface area contributed by atoms with E-state index in [2.05, 4.69) is 10.6 Å². The number of hydrogen-bond donors (Lipinski definition) is 3. The van der Waals surface area contributed by atoms with Gasteiger partial charge in [0.05, 0.1) is 17.7 Å². The van der Waals surface area contributed by atoms with Gasteiger partial charge in [-0.1, -0.05) is 0 Å². The van der Waals surface area contributed by atoms with Crippen LogP contribution >= 0.6 is 0 Å². The number of benzene rings is 1. The smallest absolute Gasteiger partial charge is 0.251 e. The lowest BCUT2D eigenvalue weighted by molar-refractivity contribution is -0.118. The molecule has 0 saturated carbocycles. The zero-order valence-electron chi connectivity index (χ0n) is 11.0. The largest absolute Gasteiger partial charge is 0.380 e. The average Bonchev–Trinajstić information content (AvgIpc) is 2.89. The predicted octanol–water partition coefficient (Wildman–Crippen LogP) is 0.240. The number of carbonyl (C=O) groups is 2. The molecule has 1 aliphatic heterocycles. The molecule has 0 aromatic heterocycles. The molecule has 108 valence electrons. The number of nitrogens with one attached hydrogen (secondary N) is 2. The maximum absolute atomic E-state index is 13.3. The molecule has 1 saturated heterocycles. The number of primary amides is 1. The lowest BCUT2D eigenvalue weighted by atomic mass is 10.1. The molecule has 0 aliphatic carbocycles. The molecule has 1 aromatic carbocycles. The molecular formula is C13H16FN3O3. The molecule has 7 heteroatoms. The Hall–Kier alpha value is -1.99. The Morgan fingerprint density at radius 1 is 1.50 bits per heavy atom. The fourth-order valence-electron chi connectivity index (χ4n) is 2.10. The molecule has 1 heterocycles. The molecule has 0 bridgehead atoms. The second kappa shape index (κ2) is 5.98. The van der Waals surface area contributed by atoms with Gasteiger partial charge in [0.15, 0.2) is 0 Å². The van der Waals surface area contributed by atoms with Crippen LogP contribution in [0.25, 0.3) is 0 Å². The van der Waals surface area contributed by atoms with Gasteiger partial charge in [0.1, 0.15) is 5.82 Å². The van der Waals surface area contributed by atoms with Crippen molar-refractivity contribution in [3.8, 4) is 0 Å². The molecule has 6 nitrogen and oxygen atoms in total. The van der Waals surface area contributed by atoms with Crippen molar-refractivity contribution in [3.63, 3.8) is 0 Å². The highest BCUT2D eigenvalue weighted by molar-refractivity contribution is 5.98. The van der Waals surface area contributed by atoms with E-state index in [1.807, 2.05) is 0 Å². The standard InChI is InChI=1S/C13H16FN3O3/c1-20-8-5-11(16-6-8)13(19)17-7-2-3-10(14)9(4-7)12(15)18/h2-4,8,11,16H,5-6H2,1H3,(H2,15,18)(H,17,19). The van der Waals surface area contributed by atoms with Crippen LogP contribution in [0.15, 0.2) is 18.2 Å². The van der Waals surface area contributed by atoms with E-state index in [0.717, 1.165) is 6.07 Å². The van der Waals surface area contributed by atoms with Crippen molar-refractivity contribution in [2.24, 2.45) is 5.73 Å². The van der Waals surface area contributed by atoms with E-state index in [9.17, 15) is 14.0 Å². The van der Waals surface area contributed by atoms with Crippen LogP contribution in [0.2, 0.25) is 0 Å². The summed E-state index contributed by atoms with van der Waals surface area (Å²) < 4.78 is 18.5. The van der Waals surface area contributed by atoms with Crippen LogP contribution in [0.3, 0.4) is 0 Å². The third kappa shape index (κ3) is 3.12. The van der Waals surface area contributed by atoms with Gasteiger partial charge < -0.3 is 21.1 Å². The highest BCUT2D eigenvalue weighted by Gasteiger charge is 2.29. The first-order valence-electron chi connectivity index (χ1n) is 6.17. The number of halogens is 1. The monoisotopic (exact) mass is 281 g/mol. The van der Waals surface area contributed by atoms with E-state index in [0.29, 0.717) is 18.7 Å². The minimum absolute atomic E-state index is 0.000137. The van der Waals surface area contributed by atoms with Gasteiger partial charge in [-0.05, 0) is 24.6 Å². The molecule has 1 aliphatic rings. The molecule has 0 spiro atoms. The van der Waals surface area contributed by atoms with Gasteiger partial charge in [0.2, 0.25) is 5.91 Å². The summed E-state index contributed by atoms with van der Waals surface area (Å²) in [5.74, 6) is -1.85. The molecule has 4 N–H and O–H groups in total. The Morgan fingerprint density at radius 3 is 2.85 bits per heavy atom. The topological polar surface area (TPSA) is 93.4 Å². The molecule has 1 fully saturated rings. The summed E-state index contributed by atoms with van der Waals surface area (Å²) in [5, 5.41) is 5.64. The molecular weight excluding hydrogens is 265 g/mol. The Balaban J connectivity index is 2.05. The van der Waals surface area contributed by atoms with Crippen molar-refractivity contribution in [1.29, 1.82) is 0 Å². The van der Waals surface area contributed by atoms with Gasteiger partial charge in [-0.3, -0.25) is 9.59 Å². The summed E-state index contributed by atoms with van der Waals surface area (Å²) in [7, 11) is 1.59. The summed E-state index contributed by atoms with van der Waals surface area (Å²) in [5.41, 5.74) is 5.13. The Labute approximate surface area is 115 Å². The fourth-order valence-corrected chi connectivity index (χ4v) is 2.10. The Morgan fingerprint density at radius 2 is 2.25 bits per heavy atom. The van der Waals surface area contributed by atoms with Gasteiger partial charge >= 0.3 is 0 Å². The molecule has 2 unspecified atom stereocenters. The number of nitrogens with two attached hydrogens (primary N) is 1. The zero-order valence-corrected chi connectivity index (χ0v) is 11.0. The number of methoxy groups -OCH3 is 1. The Kier molecular flexibility index (Phi) is 4.31. The van der Waals surface area contributed by atoms with E-state index < -0.39 is 11.7 Å². The first kappa shape index (κ1) is 14.4. The van der Waals surface area contributed by atoms with Crippen molar-refractivity contribution >= 4 is 17.5 Å². The summed E-state index contributed by atoms with van der Waals surface area (Å²) >= 11 is 0. The van der Waals surface area contributed by atoms with E-state index in [1.165, 1.54) is 12.1 Å². The van der Waals surface area contributed by atoms with Crippen LogP contribution in [-0.4, -0.2) is 37.6 Å². The molecule has 2 rings (SSSR count). The van der Waals surface area contributed by atoms with Gasteiger partial charge in [-0.15, -0.1) is 0 Å². The summed E-state index contributed by atoms with van der Waals surface area (Å²) in [6, 6.07) is 3.32. The first-order chi connectivity index (χ1) is 9.51. The van der Waals surface area contributed by atoms with E-state index in [4.69, 9.17) is 10.5 Å². The molecule has 2 atom stereocenters. The van der Waals surface area contributed by atoms with E-state index in [1.54, 1.807) is 7.11 Å². The molecule has 1 aromatic rings. The van der Waals surface area contributed by atoms with Crippen LogP contribution in [0.5, 0.6) is 0 Å². The van der Waals surface area contributed by atoms with Crippen LogP contribution < -0.4 is 16.4 Å². The van der Waals surface area contributed by atoms with Gasteiger partial charge in [0, 0.05) is 19.3 Å². The van der Waals surface area contributed by atoms with Crippen molar-refractivity contribution in [1.82, 2.24) is 5.32 Å². The summed E-state index contributed by atoms with van der Waals surface area (Å²) in [4.78, 5) is 23.0. The van der Waals surface area contributed by atoms with Crippen LogP contribution in [0.4, 0.5) is 10.1 Å². The van der Waals surface area contributed by atoms with E-state index >= 15 is 0 Å². The summed E-state index contributed by atoms with van der Waals surface area (Å²) in [6.45, 7) is 0.602. The summed E-state index contributed by atoms with van der Waals surface area (Å²) in [6.07, 6.45) is 0.562. The molecule has 0 radical (unpaired) electrons. The lowest BCUT2D eigenvalue weighted by Crippen LogP contribution is -2.35. The van der Waals surface area contributed by atoms with Crippen LogP contribution in [0.1, 0.15) is 16.8 Å². The van der Waals surface area contributed by atoms with Crippen molar-refractivity contribution < 1.29 is 18.7 Å². The van der Waals surface area contributed by atoms with E-state index in [-0.39, 0.29) is 23.6 Å². The second-order valence-electron chi connectivity index (χ2n) is 4.60. The van der Waals surface area contributed by atoms with Gasteiger partial charge in [-0.25, -0.2) is 4.39 Å². The van der Waals surface area contributed by atoms with Crippen molar-refractivity contribution in [2.75, 3.05) is 19.0 Å². The second-order valence-corrected chi connectivity index (χ2v) is 4.60. The van der Waals surface area contributed by atoms with Crippen molar-refractivity contribution in [2.45, 2.75) is 18.6 Å². The molecule has 20 heavy (non-hydrogen) atoms. The normalized spacial score (nSPS) is 21.7. The van der Waals surface area contributed by atoms with Gasteiger partial charge in [0.25, 0.3) is 5.91 Å².